The highest BCUT2D eigenvalue weighted by atomic mass is 16.3. The summed E-state index contributed by atoms with van der Waals surface area (Å²) in [4.78, 5) is 18.3. The van der Waals surface area contributed by atoms with Crippen LogP contribution in [0.3, 0.4) is 0 Å². The van der Waals surface area contributed by atoms with Crippen molar-refractivity contribution in [1.82, 2.24) is 14.4 Å². The molecule has 1 aliphatic heterocycles. The van der Waals surface area contributed by atoms with Crippen molar-refractivity contribution in [3.8, 4) is 5.75 Å². The van der Waals surface area contributed by atoms with Gasteiger partial charge in [0.25, 0.3) is 5.56 Å². The van der Waals surface area contributed by atoms with E-state index in [1.165, 1.54) is 0 Å². The highest BCUT2D eigenvalue weighted by molar-refractivity contribution is 5.41. The summed E-state index contributed by atoms with van der Waals surface area (Å²) < 4.78 is 1.77. The summed E-state index contributed by atoms with van der Waals surface area (Å²) in [5.41, 5.74) is 3.20. The van der Waals surface area contributed by atoms with Gasteiger partial charge in [-0.1, -0.05) is 60.7 Å². The summed E-state index contributed by atoms with van der Waals surface area (Å²) in [6, 6.07) is 21.5. The highest BCUT2D eigenvalue weighted by Gasteiger charge is 2.30. The van der Waals surface area contributed by atoms with Crippen LogP contribution in [0.2, 0.25) is 0 Å². The van der Waals surface area contributed by atoms with E-state index in [9.17, 15) is 9.90 Å². The lowest BCUT2D eigenvalue weighted by Crippen LogP contribution is -2.47. The fraction of sp³-hybridized carbons (Fsp3) is 0.320. The van der Waals surface area contributed by atoms with Crippen LogP contribution in [0.5, 0.6) is 5.75 Å². The van der Waals surface area contributed by atoms with Gasteiger partial charge in [-0.3, -0.25) is 9.69 Å². The zero-order valence-corrected chi connectivity index (χ0v) is 17.7. The number of rotatable bonds is 5. The third kappa shape index (κ3) is 4.18. The largest absolute Gasteiger partial charge is 0.507 e. The van der Waals surface area contributed by atoms with Crippen molar-refractivity contribution >= 4 is 0 Å². The molecule has 0 aliphatic carbocycles. The number of hydrogen-bond acceptors (Lipinski definition) is 4. The van der Waals surface area contributed by atoms with Gasteiger partial charge in [0, 0.05) is 31.9 Å². The molecule has 1 N–H and O–H groups in total. The first-order valence-corrected chi connectivity index (χ1v) is 10.5. The second-order valence-corrected chi connectivity index (χ2v) is 8.11. The molecule has 1 fully saturated rings. The summed E-state index contributed by atoms with van der Waals surface area (Å²) in [7, 11) is 2.12. The van der Waals surface area contributed by atoms with E-state index in [1.807, 2.05) is 67.6 Å². The molecule has 5 nitrogen and oxygen atoms in total. The molecule has 1 saturated heterocycles. The molecule has 3 aromatic rings. The van der Waals surface area contributed by atoms with Crippen molar-refractivity contribution in [3.05, 3.63) is 99.5 Å². The summed E-state index contributed by atoms with van der Waals surface area (Å²) in [6.07, 6.45) is 0. The van der Waals surface area contributed by atoms with Gasteiger partial charge in [-0.15, -0.1) is 0 Å². The topological polar surface area (TPSA) is 48.7 Å². The third-order valence-electron chi connectivity index (χ3n) is 6.00. The summed E-state index contributed by atoms with van der Waals surface area (Å²) in [5.74, 6) is 0.0783. The predicted molar refractivity (Wildman–Crippen MR) is 120 cm³/mol. The molecule has 5 heteroatoms. The van der Waals surface area contributed by atoms with E-state index in [1.54, 1.807) is 10.6 Å². The Labute approximate surface area is 177 Å². The van der Waals surface area contributed by atoms with Gasteiger partial charge < -0.3 is 14.6 Å². The first kappa shape index (κ1) is 20.4. The van der Waals surface area contributed by atoms with Crippen LogP contribution in [-0.2, 0) is 6.54 Å². The molecule has 1 atom stereocenters. The Balaban J connectivity index is 1.82. The van der Waals surface area contributed by atoms with Crippen LogP contribution in [0.4, 0.5) is 0 Å². The smallest absolute Gasteiger partial charge is 0.259 e. The molecule has 1 unspecified atom stereocenters. The van der Waals surface area contributed by atoms with Crippen molar-refractivity contribution in [1.29, 1.82) is 0 Å². The van der Waals surface area contributed by atoms with Gasteiger partial charge in [0.05, 0.1) is 18.2 Å². The number of nitrogens with zero attached hydrogens (tertiary/aromatic N) is 3. The van der Waals surface area contributed by atoms with Gasteiger partial charge in [-0.25, -0.2) is 0 Å². The maximum Gasteiger partial charge on any atom is 0.259 e. The van der Waals surface area contributed by atoms with Crippen LogP contribution in [-0.4, -0.2) is 52.7 Å². The summed E-state index contributed by atoms with van der Waals surface area (Å²) in [5, 5.41) is 10.9. The molecule has 156 valence electrons. The molecule has 30 heavy (non-hydrogen) atoms. The Kier molecular flexibility index (Phi) is 6.02. The van der Waals surface area contributed by atoms with Gasteiger partial charge in [0.2, 0.25) is 0 Å². The normalized spacial score (nSPS) is 16.5. The Morgan fingerprint density at radius 1 is 0.933 bits per heavy atom. The fourth-order valence-electron chi connectivity index (χ4n) is 4.26. The number of likely N-dealkylation sites (N-methyl/N-ethyl adjacent to an activating group) is 1. The molecule has 0 saturated carbocycles. The average Bonchev–Trinajstić information content (AvgIpc) is 2.76. The second-order valence-electron chi connectivity index (χ2n) is 8.11. The molecule has 0 radical (unpaired) electrons. The maximum absolute atomic E-state index is 13.7. The van der Waals surface area contributed by atoms with Crippen LogP contribution >= 0.6 is 0 Å². The van der Waals surface area contributed by atoms with E-state index in [0.717, 1.165) is 43.0 Å². The molecule has 1 aromatic heterocycles. The minimum atomic E-state index is -0.268. The molecular formula is C25H29N3O2. The highest BCUT2D eigenvalue weighted by Crippen LogP contribution is 2.33. The number of hydrogen-bond donors (Lipinski definition) is 1. The van der Waals surface area contributed by atoms with Crippen molar-refractivity contribution in [2.75, 3.05) is 33.2 Å². The molecule has 2 heterocycles. The lowest BCUT2D eigenvalue weighted by molar-refractivity contribution is 0.125. The van der Waals surface area contributed by atoms with E-state index in [2.05, 4.69) is 16.8 Å². The Morgan fingerprint density at radius 2 is 1.53 bits per heavy atom. The molecule has 4 rings (SSSR count). The molecule has 2 aromatic carbocycles. The van der Waals surface area contributed by atoms with Gasteiger partial charge >= 0.3 is 0 Å². The second kappa shape index (κ2) is 8.86. The van der Waals surface area contributed by atoms with Gasteiger partial charge in [-0.2, -0.15) is 0 Å². The Hall–Kier alpha value is -2.89. The first-order chi connectivity index (χ1) is 14.5. The third-order valence-corrected chi connectivity index (χ3v) is 6.00. The molecular weight excluding hydrogens is 374 g/mol. The van der Waals surface area contributed by atoms with Crippen molar-refractivity contribution in [3.63, 3.8) is 0 Å². The molecule has 0 spiro atoms. The SMILES string of the molecule is Cc1cc(O)c(C(c2ccccc2)N2CCN(C)CC2)c(=O)n1Cc1ccccc1. The van der Waals surface area contributed by atoms with E-state index in [0.29, 0.717) is 12.1 Å². The van der Waals surface area contributed by atoms with Crippen molar-refractivity contribution in [2.45, 2.75) is 19.5 Å². The van der Waals surface area contributed by atoms with Crippen LogP contribution in [0, 0.1) is 6.92 Å². The minimum Gasteiger partial charge on any atom is -0.507 e. The monoisotopic (exact) mass is 403 g/mol. The predicted octanol–water partition coefficient (Wildman–Crippen LogP) is 3.25. The van der Waals surface area contributed by atoms with Crippen LogP contribution in [0.1, 0.15) is 28.4 Å². The summed E-state index contributed by atoms with van der Waals surface area (Å²) in [6.45, 7) is 5.94. The summed E-state index contributed by atoms with van der Waals surface area (Å²) >= 11 is 0. The average molecular weight is 404 g/mol. The quantitative estimate of drug-likeness (QED) is 0.711. The van der Waals surface area contributed by atoms with Gasteiger partial charge in [0.1, 0.15) is 5.75 Å². The standard InChI is InChI=1S/C25H29N3O2/c1-19-17-22(29)23(25(30)28(19)18-20-9-5-3-6-10-20)24(21-11-7-4-8-12-21)27-15-13-26(2)14-16-27/h3-12,17,24,29H,13-16,18H2,1-2H3. The lowest BCUT2D eigenvalue weighted by Gasteiger charge is -2.38. The van der Waals surface area contributed by atoms with E-state index in [-0.39, 0.29) is 17.4 Å². The van der Waals surface area contributed by atoms with E-state index < -0.39 is 0 Å². The number of pyridine rings is 1. The van der Waals surface area contributed by atoms with Crippen molar-refractivity contribution < 1.29 is 5.11 Å². The Bertz CT molecular complexity index is 1040. The fourth-order valence-corrected chi connectivity index (χ4v) is 4.26. The number of aromatic hydroxyl groups is 1. The van der Waals surface area contributed by atoms with Crippen LogP contribution < -0.4 is 5.56 Å². The number of aromatic nitrogens is 1. The van der Waals surface area contributed by atoms with Crippen LogP contribution in [0.25, 0.3) is 0 Å². The molecule has 0 amide bonds. The van der Waals surface area contributed by atoms with Crippen molar-refractivity contribution in [2.24, 2.45) is 0 Å². The number of benzene rings is 2. The zero-order chi connectivity index (χ0) is 21.1. The number of piperazine rings is 1. The molecule has 1 aliphatic rings. The minimum absolute atomic E-state index is 0.0783. The van der Waals surface area contributed by atoms with E-state index >= 15 is 0 Å². The zero-order valence-electron chi connectivity index (χ0n) is 17.7. The van der Waals surface area contributed by atoms with Crippen LogP contribution in [0.15, 0.2) is 71.5 Å². The number of aryl methyl sites for hydroxylation is 1. The first-order valence-electron chi connectivity index (χ1n) is 10.5. The lowest BCUT2D eigenvalue weighted by atomic mass is 9.96. The maximum atomic E-state index is 13.7. The molecule has 0 bridgehead atoms. The van der Waals surface area contributed by atoms with E-state index in [4.69, 9.17) is 0 Å². The van der Waals surface area contributed by atoms with Gasteiger partial charge in [0.15, 0.2) is 0 Å². The van der Waals surface area contributed by atoms with Gasteiger partial charge in [-0.05, 0) is 31.2 Å². The Morgan fingerprint density at radius 3 is 2.17 bits per heavy atom.